The van der Waals surface area contributed by atoms with Crippen LogP contribution in [0.15, 0.2) is 24.3 Å². The van der Waals surface area contributed by atoms with Crippen LogP contribution in [0.4, 0.5) is 10.5 Å². The molecule has 0 spiro atoms. The molecule has 0 saturated heterocycles. The lowest BCUT2D eigenvalue weighted by Crippen LogP contribution is -2.33. The molecule has 7 heteroatoms. The Bertz CT molecular complexity index is 537. The van der Waals surface area contributed by atoms with Crippen LogP contribution >= 0.6 is 0 Å². The maximum atomic E-state index is 11.8. The van der Waals surface area contributed by atoms with Crippen LogP contribution < -0.4 is 0 Å². The summed E-state index contributed by atoms with van der Waals surface area (Å²) < 4.78 is 5.00. The normalized spacial score (nSPS) is 9.90. The van der Waals surface area contributed by atoms with Gasteiger partial charge in [-0.25, -0.2) is 4.79 Å². The summed E-state index contributed by atoms with van der Waals surface area (Å²) in [5.74, 6) is 0. The van der Waals surface area contributed by atoms with Crippen molar-refractivity contribution in [3.8, 4) is 6.07 Å². The van der Waals surface area contributed by atoms with Crippen molar-refractivity contribution in [1.82, 2.24) is 4.90 Å². The van der Waals surface area contributed by atoms with Crippen LogP contribution in [0.25, 0.3) is 0 Å². The minimum atomic E-state index is -0.667. The van der Waals surface area contributed by atoms with E-state index in [1.54, 1.807) is 32.0 Å². The smallest absolute Gasteiger partial charge is 0.411 e. The fourth-order valence-corrected chi connectivity index (χ4v) is 1.57. The fourth-order valence-electron chi connectivity index (χ4n) is 1.57. The monoisotopic (exact) mass is 277 g/mol. The number of amides is 1. The third kappa shape index (κ3) is 4.24. The van der Waals surface area contributed by atoms with Crippen LogP contribution in [0.5, 0.6) is 0 Å². The van der Waals surface area contributed by atoms with Gasteiger partial charge in [0.25, 0.3) is 5.69 Å². The summed E-state index contributed by atoms with van der Waals surface area (Å²) in [6, 6.07) is 7.93. The Hall–Kier alpha value is -2.62. The minimum absolute atomic E-state index is 0.0454. The molecule has 0 atom stereocenters. The average Bonchev–Trinajstić information content (AvgIpc) is 2.37. The molecule has 0 bridgehead atoms. The van der Waals surface area contributed by atoms with Gasteiger partial charge in [0.1, 0.15) is 6.54 Å². The van der Waals surface area contributed by atoms with E-state index in [-0.39, 0.29) is 24.9 Å². The van der Waals surface area contributed by atoms with Gasteiger partial charge >= 0.3 is 6.09 Å². The van der Waals surface area contributed by atoms with Gasteiger partial charge in [0.15, 0.2) is 0 Å². The fraction of sp³-hybridized carbons (Fsp3) is 0.385. The van der Waals surface area contributed by atoms with Crippen molar-refractivity contribution >= 4 is 11.8 Å². The van der Waals surface area contributed by atoms with Crippen molar-refractivity contribution in [2.45, 2.75) is 26.5 Å². The number of para-hydroxylation sites is 1. The lowest BCUT2D eigenvalue weighted by atomic mass is 10.1. The predicted molar refractivity (Wildman–Crippen MR) is 70.7 cm³/mol. The summed E-state index contributed by atoms with van der Waals surface area (Å²) in [6.07, 6.45) is -0.992. The number of rotatable bonds is 5. The molecule has 0 aliphatic rings. The molecule has 0 unspecified atom stereocenters. The lowest BCUT2D eigenvalue weighted by Gasteiger charge is -2.20. The van der Waals surface area contributed by atoms with Crippen LogP contribution in [-0.4, -0.2) is 28.6 Å². The number of hydrogen-bond acceptors (Lipinski definition) is 5. The maximum Gasteiger partial charge on any atom is 0.411 e. The second kappa shape index (κ2) is 7.09. The van der Waals surface area contributed by atoms with E-state index in [9.17, 15) is 14.9 Å². The molecule has 0 aliphatic heterocycles. The summed E-state index contributed by atoms with van der Waals surface area (Å²) >= 11 is 0. The second-order valence-corrected chi connectivity index (χ2v) is 4.33. The molecule has 1 rings (SSSR count). The molecule has 0 fully saturated rings. The Morgan fingerprint density at radius 1 is 1.50 bits per heavy atom. The van der Waals surface area contributed by atoms with Crippen LogP contribution in [0.2, 0.25) is 0 Å². The number of nitrogens with zero attached hydrogens (tertiary/aromatic N) is 3. The molecule has 0 radical (unpaired) electrons. The molecule has 1 amide bonds. The first kappa shape index (κ1) is 15.4. The lowest BCUT2D eigenvalue weighted by molar-refractivity contribution is -0.385. The zero-order chi connectivity index (χ0) is 15.1. The van der Waals surface area contributed by atoms with Gasteiger partial charge in [0, 0.05) is 11.6 Å². The average molecular weight is 277 g/mol. The summed E-state index contributed by atoms with van der Waals surface area (Å²) in [6.45, 7) is 3.13. The van der Waals surface area contributed by atoms with Gasteiger partial charge < -0.3 is 4.74 Å². The minimum Gasteiger partial charge on any atom is -0.447 e. The summed E-state index contributed by atoms with van der Waals surface area (Å²) in [4.78, 5) is 23.3. The number of nitriles is 1. The Morgan fingerprint density at radius 2 is 2.15 bits per heavy atom. The van der Waals surface area contributed by atoms with Gasteiger partial charge in [0.2, 0.25) is 0 Å². The highest BCUT2D eigenvalue weighted by molar-refractivity contribution is 5.68. The topological polar surface area (TPSA) is 96.5 Å². The highest BCUT2D eigenvalue weighted by Crippen LogP contribution is 2.19. The molecule has 7 nitrogen and oxygen atoms in total. The van der Waals surface area contributed by atoms with E-state index >= 15 is 0 Å². The van der Waals surface area contributed by atoms with E-state index in [0.717, 1.165) is 4.90 Å². The highest BCUT2D eigenvalue weighted by atomic mass is 16.6. The van der Waals surface area contributed by atoms with Gasteiger partial charge in [-0.15, -0.1) is 0 Å². The van der Waals surface area contributed by atoms with Gasteiger partial charge in [-0.1, -0.05) is 18.2 Å². The number of nitro groups is 1. The van der Waals surface area contributed by atoms with E-state index in [1.807, 2.05) is 6.07 Å². The molecule has 0 aliphatic carbocycles. The van der Waals surface area contributed by atoms with Gasteiger partial charge in [-0.2, -0.15) is 5.26 Å². The zero-order valence-corrected chi connectivity index (χ0v) is 11.3. The van der Waals surface area contributed by atoms with Crippen molar-refractivity contribution in [2.24, 2.45) is 0 Å². The number of carbonyl (C=O) groups excluding carboxylic acids is 1. The highest BCUT2D eigenvalue weighted by Gasteiger charge is 2.21. The number of benzene rings is 1. The largest absolute Gasteiger partial charge is 0.447 e. The van der Waals surface area contributed by atoms with Crippen LogP contribution in [0, 0.1) is 21.4 Å². The number of hydrogen-bond donors (Lipinski definition) is 0. The molecular formula is C13H15N3O4. The summed E-state index contributed by atoms with van der Waals surface area (Å²) in [5.41, 5.74) is 0.265. The van der Waals surface area contributed by atoms with E-state index in [4.69, 9.17) is 10.00 Å². The van der Waals surface area contributed by atoms with Crippen LogP contribution in [-0.2, 0) is 11.3 Å². The standard InChI is InChI=1S/C13H15N3O4/c1-10(2)20-13(17)15(8-7-14)9-11-5-3-4-6-12(11)16(18)19/h3-6,10H,8-9H2,1-2H3. The van der Waals surface area contributed by atoms with Crippen molar-refractivity contribution < 1.29 is 14.5 Å². The van der Waals surface area contributed by atoms with Crippen molar-refractivity contribution in [3.05, 3.63) is 39.9 Å². The van der Waals surface area contributed by atoms with Crippen LogP contribution in [0.3, 0.4) is 0 Å². The Labute approximate surface area is 116 Å². The second-order valence-electron chi connectivity index (χ2n) is 4.33. The van der Waals surface area contributed by atoms with Crippen molar-refractivity contribution in [1.29, 1.82) is 5.26 Å². The molecule has 0 saturated carbocycles. The van der Waals surface area contributed by atoms with Gasteiger partial charge in [-0.3, -0.25) is 15.0 Å². The first-order valence-electron chi connectivity index (χ1n) is 6.00. The number of nitro benzene ring substituents is 1. The van der Waals surface area contributed by atoms with Gasteiger partial charge in [0.05, 0.1) is 23.6 Å². The molecule has 0 aromatic heterocycles. The van der Waals surface area contributed by atoms with Crippen molar-refractivity contribution in [3.63, 3.8) is 0 Å². The number of ether oxygens (including phenoxy) is 1. The molecule has 20 heavy (non-hydrogen) atoms. The molecule has 0 heterocycles. The Balaban J connectivity index is 2.94. The number of carbonyl (C=O) groups is 1. The first-order valence-corrected chi connectivity index (χ1v) is 6.00. The van der Waals surface area contributed by atoms with E-state index in [1.165, 1.54) is 6.07 Å². The van der Waals surface area contributed by atoms with E-state index in [0.29, 0.717) is 5.56 Å². The summed E-state index contributed by atoms with van der Waals surface area (Å²) in [5, 5.41) is 19.7. The Morgan fingerprint density at radius 3 is 2.70 bits per heavy atom. The maximum absolute atomic E-state index is 11.8. The molecular weight excluding hydrogens is 262 g/mol. The zero-order valence-electron chi connectivity index (χ0n) is 11.3. The molecule has 106 valence electrons. The summed E-state index contributed by atoms with van der Waals surface area (Å²) in [7, 11) is 0. The third-order valence-electron chi connectivity index (χ3n) is 2.41. The van der Waals surface area contributed by atoms with Crippen molar-refractivity contribution in [2.75, 3.05) is 6.54 Å². The third-order valence-corrected chi connectivity index (χ3v) is 2.41. The van der Waals surface area contributed by atoms with E-state index in [2.05, 4.69) is 0 Å². The first-order chi connectivity index (χ1) is 9.45. The van der Waals surface area contributed by atoms with Gasteiger partial charge in [-0.05, 0) is 13.8 Å². The predicted octanol–water partition coefficient (Wildman–Crippen LogP) is 2.47. The SMILES string of the molecule is CC(C)OC(=O)N(CC#N)Cc1ccccc1[N+](=O)[O-]. The molecule has 1 aromatic rings. The van der Waals surface area contributed by atoms with E-state index < -0.39 is 11.0 Å². The quantitative estimate of drug-likeness (QED) is 0.468. The van der Waals surface area contributed by atoms with Crippen LogP contribution in [0.1, 0.15) is 19.4 Å². The molecule has 0 N–H and O–H groups in total. The Kier molecular flexibility index (Phi) is 5.47. The molecule has 1 aromatic carbocycles.